The summed E-state index contributed by atoms with van der Waals surface area (Å²) < 4.78 is 5.44. The number of anilines is 1. The molecule has 3 rings (SSSR count). The molecule has 126 valence electrons. The zero-order chi connectivity index (χ0) is 16.9. The number of morpholine rings is 1. The molecule has 0 amide bonds. The smallest absolute Gasteiger partial charge is 0.229 e. The van der Waals surface area contributed by atoms with Gasteiger partial charge >= 0.3 is 0 Å². The number of ether oxygens (including phenoxy) is 1. The van der Waals surface area contributed by atoms with Gasteiger partial charge in [-0.2, -0.15) is 9.97 Å². The molecule has 1 aromatic heterocycles. The summed E-state index contributed by atoms with van der Waals surface area (Å²) in [5, 5.41) is 0. The quantitative estimate of drug-likeness (QED) is 0.791. The first kappa shape index (κ1) is 16.6. The van der Waals surface area contributed by atoms with E-state index in [1.807, 2.05) is 19.1 Å². The van der Waals surface area contributed by atoms with Crippen LogP contribution in [0.4, 0.5) is 5.95 Å². The fraction of sp³-hybridized carbons (Fsp3) is 0.421. The van der Waals surface area contributed by atoms with Crippen LogP contribution >= 0.6 is 0 Å². The molecule has 0 bridgehead atoms. The average molecular weight is 324 g/mol. The topological polar surface area (TPSA) is 51.1 Å². The van der Waals surface area contributed by atoms with Crippen molar-refractivity contribution in [1.82, 2.24) is 15.0 Å². The Balaban J connectivity index is 1.96. The highest BCUT2D eigenvalue weighted by molar-refractivity contribution is 5.57. The van der Waals surface area contributed by atoms with E-state index in [0.29, 0.717) is 13.2 Å². The van der Waals surface area contributed by atoms with E-state index in [1.165, 1.54) is 5.56 Å². The van der Waals surface area contributed by atoms with Crippen LogP contribution in [0, 0.1) is 6.92 Å². The highest BCUT2D eigenvalue weighted by atomic mass is 16.5. The molecule has 1 saturated heterocycles. The number of hydrogen-bond donors (Lipinski definition) is 0. The van der Waals surface area contributed by atoms with E-state index in [-0.39, 0.29) is 0 Å². The van der Waals surface area contributed by atoms with Crippen molar-refractivity contribution in [3.8, 4) is 11.4 Å². The van der Waals surface area contributed by atoms with Crippen molar-refractivity contribution in [1.29, 1.82) is 0 Å². The number of aryl methyl sites for hydroxylation is 2. The number of nitrogens with zero attached hydrogens (tertiary/aromatic N) is 4. The standard InChI is InChI=1S/C19H24N4O/c1-14(2)7-8-17-20-18(16-6-4-5-15(3)13-16)22-19(21-17)23-9-11-24-12-10-23/h4-6,13H,1,7-12H2,2-3H3. The third-order valence-electron chi connectivity index (χ3n) is 4.02. The van der Waals surface area contributed by atoms with Crippen LogP contribution < -0.4 is 4.90 Å². The molecule has 0 aliphatic carbocycles. The summed E-state index contributed by atoms with van der Waals surface area (Å²) in [5.41, 5.74) is 3.37. The first-order chi connectivity index (χ1) is 11.6. The molecule has 1 fully saturated rings. The van der Waals surface area contributed by atoms with E-state index in [2.05, 4.69) is 35.5 Å². The Morgan fingerprint density at radius 2 is 2.00 bits per heavy atom. The van der Waals surface area contributed by atoms with Crippen LogP contribution in [-0.4, -0.2) is 41.3 Å². The van der Waals surface area contributed by atoms with Gasteiger partial charge in [-0.25, -0.2) is 4.98 Å². The number of benzene rings is 1. The van der Waals surface area contributed by atoms with Crippen molar-refractivity contribution >= 4 is 5.95 Å². The first-order valence-electron chi connectivity index (χ1n) is 8.41. The summed E-state index contributed by atoms with van der Waals surface area (Å²) in [6, 6.07) is 8.28. The van der Waals surface area contributed by atoms with E-state index in [0.717, 1.165) is 54.7 Å². The molecule has 5 nitrogen and oxygen atoms in total. The average Bonchev–Trinajstić information content (AvgIpc) is 2.60. The summed E-state index contributed by atoms with van der Waals surface area (Å²) in [6.45, 7) is 11.2. The maximum Gasteiger partial charge on any atom is 0.229 e. The van der Waals surface area contributed by atoms with Gasteiger partial charge < -0.3 is 9.64 Å². The highest BCUT2D eigenvalue weighted by Crippen LogP contribution is 2.20. The minimum absolute atomic E-state index is 0.715. The van der Waals surface area contributed by atoms with Crippen LogP contribution in [0.2, 0.25) is 0 Å². The minimum Gasteiger partial charge on any atom is -0.378 e. The fourth-order valence-electron chi connectivity index (χ4n) is 2.66. The predicted octanol–water partition coefficient (Wildman–Crippen LogP) is 3.19. The number of hydrogen-bond acceptors (Lipinski definition) is 5. The van der Waals surface area contributed by atoms with Crippen LogP contribution in [0.5, 0.6) is 0 Å². The van der Waals surface area contributed by atoms with Gasteiger partial charge in [0.1, 0.15) is 5.82 Å². The summed E-state index contributed by atoms with van der Waals surface area (Å²) in [7, 11) is 0. The first-order valence-corrected chi connectivity index (χ1v) is 8.41. The highest BCUT2D eigenvalue weighted by Gasteiger charge is 2.17. The molecule has 1 aliphatic rings. The second kappa shape index (κ2) is 7.53. The van der Waals surface area contributed by atoms with Crippen LogP contribution in [0.3, 0.4) is 0 Å². The maximum atomic E-state index is 5.44. The van der Waals surface area contributed by atoms with E-state index < -0.39 is 0 Å². The lowest BCUT2D eigenvalue weighted by Gasteiger charge is -2.27. The van der Waals surface area contributed by atoms with Crippen LogP contribution in [0.1, 0.15) is 24.7 Å². The third-order valence-corrected chi connectivity index (χ3v) is 4.02. The summed E-state index contributed by atoms with van der Waals surface area (Å²) in [6.07, 6.45) is 1.67. The van der Waals surface area contributed by atoms with E-state index >= 15 is 0 Å². The third kappa shape index (κ3) is 4.17. The lowest BCUT2D eigenvalue weighted by atomic mass is 10.1. The van der Waals surface area contributed by atoms with Gasteiger partial charge in [0.15, 0.2) is 5.82 Å². The molecule has 0 radical (unpaired) electrons. The molecule has 0 atom stereocenters. The maximum absolute atomic E-state index is 5.44. The Bertz CT molecular complexity index is 723. The zero-order valence-corrected chi connectivity index (χ0v) is 14.5. The molecule has 2 heterocycles. The molecule has 2 aromatic rings. The number of aromatic nitrogens is 3. The van der Waals surface area contributed by atoms with Crippen molar-refractivity contribution < 1.29 is 4.74 Å². The second-order valence-corrected chi connectivity index (χ2v) is 6.30. The normalized spacial score (nSPS) is 14.7. The van der Waals surface area contributed by atoms with Crippen LogP contribution in [0.25, 0.3) is 11.4 Å². The molecule has 0 unspecified atom stereocenters. The zero-order valence-electron chi connectivity index (χ0n) is 14.5. The predicted molar refractivity (Wildman–Crippen MR) is 96.2 cm³/mol. The van der Waals surface area contributed by atoms with Crippen molar-refractivity contribution in [2.45, 2.75) is 26.7 Å². The Morgan fingerprint density at radius 3 is 2.71 bits per heavy atom. The van der Waals surface area contributed by atoms with E-state index in [1.54, 1.807) is 0 Å². The van der Waals surface area contributed by atoms with E-state index in [4.69, 9.17) is 14.7 Å². The molecule has 0 N–H and O–H groups in total. The number of rotatable bonds is 5. The Kier molecular flexibility index (Phi) is 5.20. The lowest BCUT2D eigenvalue weighted by molar-refractivity contribution is 0.122. The van der Waals surface area contributed by atoms with Crippen molar-refractivity contribution in [3.05, 3.63) is 47.8 Å². The van der Waals surface area contributed by atoms with Gasteiger partial charge in [-0.1, -0.05) is 29.3 Å². The molecule has 1 aromatic carbocycles. The van der Waals surface area contributed by atoms with Gasteiger partial charge in [0, 0.05) is 25.1 Å². The van der Waals surface area contributed by atoms with Crippen LogP contribution in [0.15, 0.2) is 36.4 Å². The minimum atomic E-state index is 0.715. The Morgan fingerprint density at radius 1 is 1.21 bits per heavy atom. The monoisotopic (exact) mass is 324 g/mol. The van der Waals surface area contributed by atoms with Gasteiger partial charge in [-0.15, -0.1) is 6.58 Å². The molecule has 5 heteroatoms. The lowest BCUT2D eigenvalue weighted by Crippen LogP contribution is -2.37. The number of allylic oxidation sites excluding steroid dienone is 1. The van der Waals surface area contributed by atoms with E-state index in [9.17, 15) is 0 Å². The van der Waals surface area contributed by atoms with Gasteiger partial charge in [0.2, 0.25) is 5.95 Å². The Hall–Kier alpha value is -2.27. The molecule has 0 spiro atoms. The largest absolute Gasteiger partial charge is 0.378 e. The molecule has 1 aliphatic heterocycles. The molecule has 0 saturated carbocycles. The molecular formula is C19H24N4O. The molecule has 24 heavy (non-hydrogen) atoms. The van der Waals surface area contributed by atoms with Crippen LogP contribution in [-0.2, 0) is 11.2 Å². The van der Waals surface area contributed by atoms with Gasteiger partial charge in [-0.05, 0) is 26.3 Å². The summed E-state index contributed by atoms with van der Waals surface area (Å²) in [4.78, 5) is 16.3. The van der Waals surface area contributed by atoms with Gasteiger partial charge in [0.25, 0.3) is 0 Å². The van der Waals surface area contributed by atoms with Crippen molar-refractivity contribution in [2.75, 3.05) is 31.2 Å². The summed E-state index contributed by atoms with van der Waals surface area (Å²) in [5.74, 6) is 2.32. The van der Waals surface area contributed by atoms with Gasteiger partial charge in [0.05, 0.1) is 13.2 Å². The summed E-state index contributed by atoms with van der Waals surface area (Å²) >= 11 is 0. The second-order valence-electron chi connectivity index (χ2n) is 6.30. The van der Waals surface area contributed by atoms with Crippen molar-refractivity contribution in [2.24, 2.45) is 0 Å². The Labute approximate surface area is 143 Å². The fourth-order valence-corrected chi connectivity index (χ4v) is 2.66. The molecular weight excluding hydrogens is 300 g/mol. The SMILES string of the molecule is C=C(C)CCc1nc(-c2cccc(C)c2)nc(N2CCOCC2)n1. The van der Waals surface area contributed by atoms with Crippen molar-refractivity contribution in [3.63, 3.8) is 0 Å². The van der Waals surface area contributed by atoms with Gasteiger partial charge in [-0.3, -0.25) is 0 Å².